The molecule has 0 radical (unpaired) electrons. The second-order valence-electron chi connectivity index (χ2n) is 10.3. The third kappa shape index (κ3) is 7.11. The van der Waals surface area contributed by atoms with Crippen LogP contribution in [0.15, 0.2) is 83.9 Å². The first-order valence-electron chi connectivity index (χ1n) is 14.0. The molecule has 2 amide bonds. The minimum absolute atomic E-state index is 0.0449. The molecule has 2 heterocycles. The van der Waals surface area contributed by atoms with E-state index in [1.807, 2.05) is 83.8 Å². The lowest BCUT2D eigenvalue weighted by Gasteiger charge is -2.31. The van der Waals surface area contributed by atoms with E-state index in [2.05, 4.69) is 10.3 Å². The molecule has 1 fully saturated rings. The predicted molar refractivity (Wildman–Crippen MR) is 155 cm³/mol. The van der Waals surface area contributed by atoms with Gasteiger partial charge in [-0.05, 0) is 42.2 Å². The van der Waals surface area contributed by atoms with Gasteiger partial charge in [0.2, 0.25) is 17.8 Å². The van der Waals surface area contributed by atoms with Crippen LogP contribution in [0.1, 0.15) is 54.8 Å². The summed E-state index contributed by atoms with van der Waals surface area (Å²) in [5.41, 5.74) is 3.63. The number of ether oxygens (including phenoxy) is 1. The summed E-state index contributed by atoms with van der Waals surface area (Å²) in [6.45, 7) is 1.13. The van der Waals surface area contributed by atoms with Gasteiger partial charge in [0.1, 0.15) is 18.8 Å². The number of aliphatic carboxylic acids is 1. The second kappa shape index (κ2) is 13.1. The highest BCUT2D eigenvalue weighted by Gasteiger charge is 2.30. The Balaban J connectivity index is 1.10. The van der Waals surface area contributed by atoms with Gasteiger partial charge in [-0.1, -0.05) is 73.5 Å². The molecule has 0 aromatic heterocycles. The van der Waals surface area contributed by atoms with Gasteiger partial charge < -0.3 is 19.6 Å². The molecule has 3 aromatic carbocycles. The van der Waals surface area contributed by atoms with E-state index in [-0.39, 0.29) is 24.8 Å². The molecule has 41 heavy (non-hydrogen) atoms. The number of nitrogens with zero attached hydrogens (tertiary/aromatic N) is 3. The minimum atomic E-state index is -1.03. The fourth-order valence-electron chi connectivity index (χ4n) is 5.29. The molecule has 9 nitrogen and oxygen atoms in total. The van der Waals surface area contributed by atoms with Crippen molar-refractivity contribution in [1.29, 1.82) is 0 Å². The van der Waals surface area contributed by atoms with E-state index in [0.717, 1.165) is 47.4 Å². The van der Waals surface area contributed by atoms with Crippen molar-refractivity contribution in [2.45, 2.75) is 44.7 Å². The van der Waals surface area contributed by atoms with Gasteiger partial charge in [0, 0.05) is 18.5 Å². The number of carboxylic acids is 1. The van der Waals surface area contributed by atoms with Crippen molar-refractivity contribution < 1.29 is 24.2 Å². The van der Waals surface area contributed by atoms with Gasteiger partial charge in [-0.15, -0.1) is 0 Å². The van der Waals surface area contributed by atoms with Crippen LogP contribution in [0.3, 0.4) is 0 Å². The van der Waals surface area contributed by atoms with Gasteiger partial charge in [0.15, 0.2) is 0 Å². The molecule has 5 rings (SSSR count). The monoisotopic (exact) mass is 554 g/mol. The number of benzene rings is 3. The highest BCUT2D eigenvalue weighted by atomic mass is 16.5. The molecule has 3 aromatic rings. The van der Waals surface area contributed by atoms with Gasteiger partial charge in [0.25, 0.3) is 0 Å². The van der Waals surface area contributed by atoms with Crippen LogP contribution in [-0.2, 0) is 20.9 Å². The Labute approximate surface area is 239 Å². The molecule has 0 atom stereocenters. The number of guanidine groups is 1. The lowest BCUT2D eigenvalue weighted by molar-refractivity contribution is -0.145. The molecule has 9 heteroatoms. The standard InChI is InChI=1S/C32H34N4O5/c37-28-21-35-20-25-19-26(16-17-27(25)33-32(35)34-28)41-18-10-2-1-9-15-29(38)36(22-30(39)40)31(23-11-5-3-6-12-23)24-13-7-4-8-14-24/h3-8,11-14,16-17,19,31H,1-2,9-10,15,18,20-22H2,(H,39,40)(H,33,34,37). The van der Waals surface area contributed by atoms with Gasteiger partial charge >= 0.3 is 5.97 Å². The summed E-state index contributed by atoms with van der Waals surface area (Å²) in [6.07, 6.45) is 3.54. The number of nitrogens with one attached hydrogen (secondary N) is 1. The van der Waals surface area contributed by atoms with E-state index in [1.165, 1.54) is 4.90 Å². The minimum Gasteiger partial charge on any atom is -0.494 e. The number of rotatable bonds is 13. The van der Waals surface area contributed by atoms with Gasteiger partial charge in [-0.3, -0.25) is 19.7 Å². The van der Waals surface area contributed by atoms with Crippen LogP contribution in [-0.4, -0.2) is 58.3 Å². The predicted octanol–water partition coefficient (Wildman–Crippen LogP) is 4.65. The third-order valence-electron chi connectivity index (χ3n) is 7.25. The van der Waals surface area contributed by atoms with E-state index in [9.17, 15) is 19.5 Å². The highest BCUT2D eigenvalue weighted by molar-refractivity contribution is 6.05. The fourth-order valence-corrected chi connectivity index (χ4v) is 5.29. The molecular formula is C32H34N4O5. The summed E-state index contributed by atoms with van der Waals surface area (Å²) in [5, 5.41) is 12.4. The van der Waals surface area contributed by atoms with Crippen LogP contribution in [0.2, 0.25) is 0 Å². The first-order chi connectivity index (χ1) is 20.0. The van der Waals surface area contributed by atoms with Crippen LogP contribution in [0.4, 0.5) is 5.69 Å². The normalized spacial score (nSPS) is 13.7. The Bertz CT molecular complexity index is 1370. The lowest BCUT2D eigenvalue weighted by atomic mass is 9.96. The zero-order chi connectivity index (χ0) is 28.6. The van der Waals surface area contributed by atoms with Gasteiger partial charge in [-0.25, -0.2) is 4.99 Å². The smallest absolute Gasteiger partial charge is 0.323 e. The van der Waals surface area contributed by atoms with Crippen LogP contribution in [0, 0.1) is 0 Å². The SMILES string of the molecule is O=C(O)CN(C(=O)CCCCCCOc1ccc2c(c1)CN1CC(=O)NC1=N2)C(c1ccccc1)c1ccccc1. The number of amides is 2. The summed E-state index contributed by atoms with van der Waals surface area (Å²) < 4.78 is 5.95. The number of aliphatic imine (C=N–C) groups is 1. The number of carboxylic acid groups (broad SMARTS) is 1. The van der Waals surface area contributed by atoms with Crippen LogP contribution in [0.25, 0.3) is 0 Å². The van der Waals surface area contributed by atoms with Crippen molar-refractivity contribution >= 4 is 29.4 Å². The second-order valence-corrected chi connectivity index (χ2v) is 10.3. The highest BCUT2D eigenvalue weighted by Crippen LogP contribution is 2.31. The Kier molecular flexibility index (Phi) is 8.93. The molecule has 1 saturated heterocycles. The van der Waals surface area contributed by atoms with Crippen LogP contribution >= 0.6 is 0 Å². The number of carbonyl (C=O) groups excluding carboxylic acids is 2. The van der Waals surface area contributed by atoms with E-state index in [1.54, 1.807) is 0 Å². The van der Waals surface area contributed by atoms with E-state index in [4.69, 9.17) is 4.74 Å². The number of hydrogen-bond donors (Lipinski definition) is 2. The average Bonchev–Trinajstić information content (AvgIpc) is 3.34. The Morgan fingerprint density at radius 3 is 2.29 bits per heavy atom. The molecule has 0 aliphatic carbocycles. The largest absolute Gasteiger partial charge is 0.494 e. The molecule has 0 unspecified atom stereocenters. The quantitative estimate of drug-likeness (QED) is 0.298. The van der Waals surface area contributed by atoms with Crippen molar-refractivity contribution in [3.63, 3.8) is 0 Å². The number of carbonyl (C=O) groups is 3. The number of fused-ring (bicyclic) bond motifs is 2. The Morgan fingerprint density at radius 2 is 1.61 bits per heavy atom. The average molecular weight is 555 g/mol. The lowest BCUT2D eigenvalue weighted by Crippen LogP contribution is -2.39. The molecule has 0 bridgehead atoms. The molecule has 2 N–H and O–H groups in total. The Morgan fingerprint density at radius 1 is 0.927 bits per heavy atom. The van der Waals surface area contributed by atoms with E-state index in [0.29, 0.717) is 32.1 Å². The molecule has 2 aliphatic heterocycles. The van der Waals surface area contributed by atoms with Crippen molar-refractivity contribution in [2.75, 3.05) is 19.7 Å². The summed E-state index contributed by atoms with van der Waals surface area (Å²) in [4.78, 5) is 44.6. The Hall–Kier alpha value is -4.66. The van der Waals surface area contributed by atoms with E-state index >= 15 is 0 Å². The maximum Gasteiger partial charge on any atom is 0.323 e. The number of unbranched alkanes of at least 4 members (excludes halogenated alkanes) is 3. The zero-order valence-electron chi connectivity index (χ0n) is 22.9. The first-order valence-corrected chi connectivity index (χ1v) is 14.0. The van der Waals surface area contributed by atoms with Gasteiger partial charge in [-0.2, -0.15) is 0 Å². The van der Waals surface area contributed by atoms with E-state index < -0.39 is 12.0 Å². The molecule has 0 saturated carbocycles. The van der Waals surface area contributed by atoms with Crippen molar-refractivity contribution in [3.8, 4) is 5.75 Å². The fraction of sp³-hybridized carbons (Fsp3) is 0.312. The van der Waals surface area contributed by atoms with Crippen molar-refractivity contribution in [2.24, 2.45) is 4.99 Å². The maximum absolute atomic E-state index is 13.3. The molecule has 0 spiro atoms. The van der Waals surface area contributed by atoms with Gasteiger partial charge in [0.05, 0.1) is 18.3 Å². The van der Waals surface area contributed by atoms with Crippen LogP contribution < -0.4 is 10.1 Å². The summed E-state index contributed by atoms with van der Waals surface area (Å²) in [5.74, 6) is 0.129. The van der Waals surface area contributed by atoms with Crippen molar-refractivity contribution in [1.82, 2.24) is 15.1 Å². The number of hydrogen-bond acceptors (Lipinski definition) is 6. The molecule has 2 aliphatic rings. The topological polar surface area (TPSA) is 112 Å². The summed E-state index contributed by atoms with van der Waals surface area (Å²) >= 11 is 0. The first kappa shape index (κ1) is 27.9. The van der Waals surface area contributed by atoms with Crippen molar-refractivity contribution in [3.05, 3.63) is 95.6 Å². The molecule has 212 valence electrons. The summed E-state index contributed by atoms with van der Waals surface area (Å²) in [6, 6.07) is 24.4. The molecular weight excluding hydrogens is 520 g/mol. The van der Waals surface area contributed by atoms with Crippen LogP contribution in [0.5, 0.6) is 5.75 Å². The zero-order valence-corrected chi connectivity index (χ0v) is 22.9. The summed E-state index contributed by atoms with van der Waals surface area (Å²) in [7, 11) is 0. The maximum atomic E-state index is 13.3. The third-order valence-corrected chi connectivity index (χ3v) is 7.25.